The highest BCUT2D eigenvalue weighted by molar-refractivity contribution is 5.86. The molecule has 1 aliphatic rings. The molecule has 30 heavy (non-hydrogen) atoms. The lowest BCUT2D eigenvalue weighted by molar-refractivity contribution is -0.137. The van der Waals surface area contributed by atoms with Crippen molar-refractivity contribution in [2.75, 3.05) is 13.2 Å². The summed E-state index contributed by atoms with van der Waals surface area (Å²) in [7, 11) is 0. The Hall–Kier alpha value is -3.54. The van der Waals surface area contributed by atoms with Gasteiger partial charge in [-0.2, -0.15) is 0 Å². The molecule has 3 aromatic rings. The maximum Gasteiger partial charge on any atom is 0.330 e. The van der Waals surface area contributed by atoms with E-state index in [9.17, 15) is 4.79 Å². The van der Waals surface area contributed by atoms with E-state index in [1.54, 1.807) is 13.0 Å². The third-order valence-electron chi connectivity index (χ3n) is 4.52. The minimum absolute atomic E-state index is 0.333. The standard InChI is InChI=1S/C24H23NO5/c1-2-27-23(26)13-10-19-16-29-24(25-19)18-8-11-20(12-9-18)30-22-5-3-4-21(14-22)28-15-17-6-7-17/h3-5,8-14,16-17H,2,6-7,15H2,1H3/b13-10+. The Morgan fingerprint density at radius 3 is 2.70 bits per heavy atom. The van der Waals surface area contributed by atoms with E-state index in [4.69, 9.17) is 18.6 Å². The van der Waals surface area contributed by atoms with E-state index in [1.165, 1.54) is 25.2 Å². The first kappa shape index (κ1) is 19.8. The van der Waals surface area contributed by atoms with Crippen LogP contribution in [0.1, 0.15) is 25.5 Å². The summed E-state index contributed by atoms with van der Waals surface area (Å²) >= 11 is 0. The molecule has 0 aliphatic heterocycles. The third kappa shape index (κ3) is 5.50. The topological polar surface area (TPSA) is 70.8 Å². The van der Waals surface area contributed by atoms with Gasteiger partial charge >= 0.3 is 5.97 Å². The molecule has 0 unspecified atom stereocenters. The Morgan fingerprint density at radius 1 is 1.13 bits per heavy atom. The average Bonchev–Trinajstić information content (AvgIpc) is 3.47. The summed E-state index contributed by atoms with van der Waals surface area (Å²) < 4.78 is 22.1. The number of benzene rings is 2. The molecule has 0 N–H and O–H groups in total. The summed E-state index contributed by atoms with van der Waals surface area (Å²) in [6.45, 7) is 2.86. The second kappa shape index (κ2) is 9.31. The first-order valence-electron chi connectivity index (χ1n) is 10.0. The first-order valence-corrected chi connectivity index (χ1v) is 10.0. The van der Waals surface area contributed by atoms with E-state index < -0.39 is 5.97 Å². The fourth-order valence-electron chi connectivity index (χ4n) is 2.77. The number of carbonyl (C=O) groups is 1. The number of rotatable bonds is 9. The van der Waals surface area contributed by atoms with Crippen LogP contribution in [0.25, 0.3) is 17.5 Å². The van der Waals surface area contributed by atoms with Gasteiger partial charge in [-0.05, 0) is 68.2 Å². The zero-order chi connectivity index (χ0) is 20.8. The van der Waals surface area contributed by atoms with Gasteiger partial charge in [0, 0.05) is 17.7 Å². The van der Waals surface area contributed by atoms with Gasteiger partial charge in [0.05, 0.1) is 13.2 Å². The molecule has 0 radical (unpaired) electrons. The molecule has 0 bridgehead atoms. The van der Waals surface area contributed by atoms with E-state index in [1.807, 2.05) is 48.5 Å². The third-order valence-corrected chi connectivity index (χ3v) is 4.52. The highest BCUT2D eigenvalue weighted by Gasteiger charge is 2.21. The van der Waals surface area contributed by atoms with E-state index >= 15 is 0 Å². The fourth-order valence-corrected chi connectivity index (χ4v) is 2.77. The van der Waals surface area contributed by atoms with Crippen LogP contribution in [0.15, 0.2) is 65.3 Å². The summed E-state index contributed by atoms with van der Waals surface area (Å²) in [5.74, 6) is 2.99. The van der Waals surface area contributed by atoms with Crippen LogP contribution >= 0.6 is 0 Å². The normalized spacial score (nSPS) is 13.4. The van der Waals surface area contributed by atoms with Crippen LogP contribution in [0.4, 0.5) is 0 Å². The minimum Gasteiger partial charge on any atom is -0.493 e. The van der Waals surface area contributed by atoms with Crippen molar-refractivity contribution >= 4 is 12.0 Å². The van der Waals surface area contributed by atoms with Gasteiger partial charge in [-0.15, -0.1) is 0 Å². The zero-order valence-electron chi connectivity index (χ0n) is 16.7. The Labute approximate surface area is 175 Å². The number of esters is 1. The monoisotopic (exact) mass is 405 g/mol. The quantitative estimate of drug-likeness (QED) is 0.346. The van der Waals surface area contributed by atoms with Crippen LogP contribution in [0.2, 0.25) is 0 Å². The molecule has 1 fully saturated rings. The molecular formula is C24H23NO5. The summed E-state index contributed by atoms with van der Waals surface area (Å²) in [6.07, 6.45) is 6.89. The largest absolute Gasteiger partial charge is 0.493 e. The van der Waals surface area contributed by atoms with Crippen molar-refractivity contribution in [2.24, 2.45) is 5.92 Å². The van der Waals surface area contributed by atoms with Crippen LogP contribution in [0, 0.1) is 5.92 Å². The van der Waals surface area contributed by atoms with Gasteiger partial charge in [0.2, 0.25) is 5.89 Å². The van der Waals surface area contributed by atoms with Gasteiger partial charge in [0.15, 0.2) is 0 Å². The number of hydrogen-bond donors (Lipinski definition) is 0. The second-order valence-electron chi connectivity index (χ2n) is 7.02. The smallest absolute Gasteiger partial charge is 0.330 e. The summed E-state index contributed by atoms with van der Waals surface area (Å²) in [5, 5.41) is 0. The summed E-state index contributed by atoms with van der Waals surface area (Å²) in [6, 6.07) is 15.1. The van der Waals surface area contributed by atoms with Gasteiger partial charge in [-0.1, -0.05) is 6.07 Å². The van der Waals surface area contributed by atoms with Crippen LogP contribution in [0.3, 0.4) is 0 Å². The Balaban J connectivity index is 1.37. The van der Waals surface area contributed by atoms with E-state index in [-0.39, 0.29) is 0 Å². The van der Waals surface area contributed by atoms with Crippen molar-refractivity contribution in [2.45, 2.75) is 19.8 Å². The number of hydrogen-bond acceptors (Lipinski definition) is 6. The Kier molecular flexibility index (Phi) is 6.13. The molecule has 4 rings (SSSR count). The Morgan fingerprint density at radius 2 is 1.93 bits per heavy atom. The van der Waals surface area contributed by atoms with Crippen molar-refractivity contribution in [3.8, 4) is 28.7 Å². The number of carbonyl (C=O) groups excluding carboxylic acids is 1. The lowest BCUT2D eigenvalue weighted by atomic mass is 10.2. The maximum atomic E-state index is 11.4. The predicted molar refractivity (Wildman–Crippen MR) is 112 cm³/mol. The van der Waals surface area contributed by atoms with Crippen LogP contribution in [-0.4, -0.2) is 24.2 Å². The number of aromatic nitrogens is 1. The number of nitrogens with zero attached hydrogens (tertiary/aromatic N) is 1. The van der Waals surface area contributed by atoms with Gasteiger partial charge in [0.25, 0.3) is 0 Å². The van der Waals surface area contributed by atoms with E-state index in [0.29, 0.717) is 29.9 Å². The van der Waals surface area contributed by atoms with Crippen LogP contribution < -0.4 is 9.47 Å². The lowest BCUT2D eigenvalue weighted by Gasteiger charge is -2.09. The molecule has 154 valence electrons. The van der Waals surface area contributed by atoms with E-state index in [2.05, 4.69) is 4.98 Å². The SMILES string of the molecule is CCOC(=O)/C=C/c1coc(-c2ccc(Oc3cccc(OCC4CC4)c3)cc2)n1. The number of ether oxygens (including phenoxy) is 3. The van der Waals surface area contributed by atoms with Gasteiger partial charge in [-0.3, -0.25) is 0 Å². The Bertz CT molecular complexity index is 1020. The van der Waals surface area contributed by atoms with Crippen molar-refractivity contribution in [1.29, 1.82) is 0 Å². The van der Waals surface area contributed by atoms with Crippen molar-refractivity contribution in [3.63, 3.8) is 0 Å². The van der Waals surface area contributed by atoms with Crippen LogP contribution in [0.5, 0.6) is 17.2 Å². The summed E-state index contributed by atoms with van der Waals surface area (Å²) in [4.78, 5) is 15.7. The van der Waals surface area contributed by atoms with Gasteiger partial charge in [-0.25, -0.2) is 9.78 Å². The molecular weight excluding hydrogens is 382 g/mol. The molecule has 1 heterocycles. The molecule has 1 aromatic heterocycles. The van der Waals surface area contributed by atoms with Crippen LogP contribution in [-0.2, 0) is 9.53 Å². The molecule has 0 atom stereocenters. The van der Waals surface area contributed by atoms with Crippen molar-refractivity contribution < 1.29 is 23.4 Å². The van der Waals surface area contributed by atoms with Gasteiger partial charge in [0.1, 0.15) is 29.2 Å². The fraction of sp³-hybridized carbons (Fsp3) is 0.250. The average molecular weight is 405 g/mol. The maximum absolute atomic E-state index is 11.4. The van der Waals surface area contributed by atoms with Crippen molar-refractivity contribution in [1.82, 2.24) is 4.98 Å². The lowest BCUT2D eigenvalue weighted by Crippen LogP contribution is -1.98. The minimum atomic E-state index is -0.412. The molecule has 0 saturated heterocycles. The highest BCUT2D eigenvalue weighted by Crippen LogP contribution is 2.31. The number of oxazole rings is 1. The predicted octanol–water partition coefficient (Wildman–Crippen LogP) is 5.50. The van der Waals surface area contributed by atoms with Crippen molar-refractivity contribution in [3.05, 3.63) is 66.6 Å². The molecule has 0 spiro atoms. The molecule has 6 nitrogen and oxygen atoms in total. The van der Waals surface area contributed by atoms with E-state index in [0.717, 1.165) is 23.7 Å². The molecule has 2 aromatic carbocycles. The summed E-state index contributed by atoms with van der Waals surface area (Å²) in [5.41, 5.74) is 1.35. The first-order chi connectivity index (χ1) is 14.7. The highest BCUT2D eigenvalue weighted by atomic mass is 16.5. The molecule has 1 aliphatic carbocycles. The zero-order valence-corrected chi connectivity index (χ0v) is 16.7. The molecule has 0 amide bonds. The van der Waals surface area contributed by atoms with Gasteiger partial charge < -0.3 is 18.6 Å². The molecule has 6 heteroatoms. The molecule has 1 saturated carbocycles. The second-order valence-corrected chi connectivity index (χ2v) is 7.02.